The topological polar surface area (TPSA) is 52.3 Å². The maximum atomic E-state index is 12.0. The summed E-state index contributed by atoms with van der Waals surface area (Å²) in [7, 11) is 0. The van der Waals surface area contributed by atoms with Crippen LogP contribution in [0.25, 0.3) is 0 Å². The van der Waals surface area contributed by atoms with Crippen molar-refractivity contribution < 1.29 is 9.53 Å². The van der Waals surface area contributed by atoms with Gasteiger partial charge in [-0.2, -0.15) is 0 Å². The van der Waals surface area contributed by atoms with Crippen LogP contribution in [0.3, 0.4) is 0 Å². The summed E-state index contributed by atoms with van der Waals surface area (Å²) in [6, 6.07) is 0. The van der Waals surface area contributed by atoms with E-state index in [1.54, 1.807) is 0 Å². The third-order valence-electron chi connectivity index (χ3n) is 7.68. The number of allylic oxidation sites excluding steroid dienone is 4. The Hall–Kier alpha value is -0.168. The summed E-state index contributed by atoms with van der Waals surface area (Å²) in [5.41, 5.74) is 6.03. The number of hydrogen-bond acceptors (Lipinski definition) is 3. The molecule has 3 nitrogen and oxygen atoms in total. The van der Waals surface area contributed by atoms with Gasteiger partial charge in [-0.15, -0.1) is 0 Å². The predicted octanol–water partition coefficient (Wildman–Crippen LogP) is 11.0. The summed E-state index contributed by atoms with van der Waals surface area (Å²) < 4.78 is 5.41. The number of esters is 1. The Morgan fingerprint density at radius 2 is 0.850 bits per heavy atom. The van der Waals surface area contributed by atoms with E-state index in [0.29, 0.717) is 6.42 Å². The van der Waals surface area contributed by atoms with E-state index < -0.39 is 6.23 Å². The minimum absolute atomic E-state index is 0. The molecule has 0 rings (SSSR count). The van der Waals surface area contributed by atoms with Crippen molar-refractivity contribution in [2.45, 2.75) is 200 Å². The SMILES string of the molecule is CCCCCCCC/C=C\CCCCCCCC(=O)OC(N)CCCCCCC/C=C\CCCCCCCC.[PbH2]. The van der Waals surface area contributed by atoms with Crippen molar-refractivity contribution in [3.63, 3.8) is 0 Å². The molecule has 0 aliphatic rings. The summed E-state index contributed by atoms with van der Waals surface area (Å²) in [5.74, 6) is -0.118. The fourth-order valence-electron chi connectivity index (χ4n) is 5.04. The van der Waals surface area contributed by atoms with E-state index in [1.165, 1.54) is 148 Å². The summed E-state index contributed by atoms with van der Waals surface area (Å²) in [5, 5.41) is 0. The van der Waals surface area contributed by atoms with Crippen molar-refractivity contribution in [3.05, 3.63) is 24.3 Å². The van der Waals surface area contributed by atoms with Crippen LogP contribution in [-0.2, 0) is 9.53 Å². The minimum atomic E-state index is -0.425. The fourth-order valence-corrected chi connectivity index (χ4v) is 5.04. The molecule has 236 valence electrons. The molecule has 0 aromatic rings. The molecular weight excluding hydrogens is 686 g/mol. The predicted molar refractivity (Wildman–Crippen MR) is 182 cm³/mol. The van der Waals surface area contributed by atoms with Crippen LogP contribution in [0.15, 0.2) is 24.3 Å². The van der Waals surface area contributed by atoms with E-state index in [9.17, 15) is 4.79 Å². The van der Waals surface area contributed by atoms with Gasteiger partial charge in [-0.1, -0.05) is 141 Å². The molecule has 2 radical (unpaired) electrons. The van der Waals surface area contributed by atoms with Gasteiger partial charge in [0.05, 0.1) is 0 Å². The molecule has 0 aromatic carbocycles. The van der Waals surface area contributed by atoms with Gasteiger partial charge in [0.25, 0.3) is 0 Å². The molecule has 0 amide bonds. The molecule has 1 unspecified atom stereocenters. The summed E-state index contributed by atoms with van der Waals surface area (Å²) >= 11 is 0. The Balaban J connectivity index is 0. The molecule has 0 bridgehead atoms. The zero-order chi connectivity index (χ0) is 28.5. The second kappa shape index (κ2) is 36.9. The van der Waals surface area contributed by atoms with Crippen molar-refractivity contribution >= 4 is 33.3 Å². The molecule has 1 atom stereocenters. The summed E-state index contributed by atoms with van der Waals surface area (Å²) in [4.78, 5) is 12.0. The number of carbonyl (C=O) groups excluding carboxylic acids is 1. The van der Waals surface area contributed by atoms with Crippen LogP contribution >= 0.6 is 0 Å². The zero-order valence-electron chi connectivity index (χ0n) is 27.3. The number of ether oxygens (including phenoxy) is 1. The molecule has 0 aliphatic carbocycles. The van der Waals surface area contributed by atoms with Crippen LogP contribution in [0.1, 0.15) is 194 Å². The van der Waals surface area contributed by atoms with Crippen molar-refractivity contribution in [2.75, 3.05) is 0 Å². The van der Waals surface area contributed by atoms with E-state index in [2.05, 4.69) is 38.2 Å². The van der Waals surface area contributed by atoms with Crippen LogP contribution < -0.4 is 5.73 Å². The van der Waals surface area contributed by atoms with E-state index in [1.807, 2.05) is 0 Å². The Labute approximate surface area is 271 Å². The monoisotopic (exact) mass is 758 g/mol. The standard InChI is InChI=1S/C36H69NO2.Pb.2H/c1-3-5-7-9-11-13-15-17-19-21-23-25-27-29-31-33-35(37)39-36(38)34-32-30-28-26-24-22-20-18-16-14-12-10-8-6-4-2;;;/h17-20,35H,3-16,21-34,37H2,1-2H3;;;/b19-17-,20-18-;;;. The van der Waals surface area contributed by atoms with E-state index in [0.717, 1.165) is 25.7 Å². The van der Waals surface area contributed by atoms with Gasteiger partial charge in [0.2, 0.25) is 0 Å². The van der Waals surface area contributed by atoms with Crippen molar-refractivity contribution in [3.8, 4) is 0 Å². The van der Waals surface area contributed by atoms with Gasteiger partial charge >= 0.3 is 33.3 Å². The van der Waals surface area contributed by atoms with E-state index in [4.69, 9.17) is 10.5 Å². The number of rotatable bonds is 31. The molecule has 0 spiro atoms. The van der Waals surface area contributed by atoms with Gasteiger partial charge < -0.3 is 4.74 Å². The number of carbonyl (C=O) groups is 1. The van der Waals surface area contributed by atoms with Crippen LogP contribution in [0, 0.1) is 0 Å². The van der Waals surface area contributed by atoms with Gasteiger partial charge in [0.15, 0.2) is 6.23 Å². The van der Waals surface area contributed by atoms with Gasteiger partial charge in [-0.3, -0.25) is 10.5 Å². The molecule has 0 saturated heterocycles. The molecule has 4 heteroatoms. The van der Waals surface area contributed by atoms with Crippen molar-refractivity contribution in [1.29, 1.82) is 0 Å². The molecular formula is C36H71NO2Pb. The quantitative estimate of drug-likeness (QED) is 0.0252. The van der Waals surface area contributed by atoms with Crippen LogP contribution in [0.5, 0.6) is 0 Å². The first-order valence-corrected chi connectivity index (χ1v) is 17.5. The van der Waals surface area contributed by atoms with Gasteiger partial charge in [-0.25, -0.2) is 0 Å². The normalized spacial score (nSPS) is 12.3. The number of hydrogen-bond donors (Lipinski definition) is 1. The number of nitrogens with two attached hydrogens (primary N) is 1. The fraction of sp³-hybridized carbons (Fsp3) is 0.861. The summed E-state index contributed by atoms with van der Waals surface area (Å²) in [6.45, 7) is 4.55. The van der Waals surface area contributed by atoms with E-state index in [-0.39, 0.29) is 33.3 Å². The molecule has 0 saturated carbocycles. The molecule has 0 fully saturated rings. The zero-order valence-corrected chi connectivity index (χ0v) is 32.8. The third kappa shape index (κ3) is 35.9. The maximum absolute atomic E-state index is 12.0. The Morgan fingerprint density at radius 1 is 0.525 bits per heavy atom. The van der Waals surface area contributed by atoms with Crippen molar-refractivity contribution in [1.82, 2.24) is 0 Å². The van der Waals surface area contributed by atoms with Crippen LogP contribution in [0.2, 0.25) is 0 Å². The third-order valence-corrected chi connectivity index (χ3v) is 7.68. The van der Waals surface area contributed by atoms with E-state index >= 15 is 0 Å². The molecule has 40 heavy (non-hydrogen) atoms. The van der Waals surface area contributed by atoms with Gasteiger partial charge in [-0.05, 0) is 70.6 Å². The molecule has 0 aromatic heterocycles. The summed E-state index contributed by atoms with van der Waals surface area (Å²) in [6.07, 6.45) is 43.6. The van der Waals surface area contributed by atoms with Crippen molar-refractivity contribution in [2.24, 2.45) is 5.73 Å². The molecule has 0 heterocycles. The Morgan fingerprint density at radius 3 is 1.25 bits per heavy atom. The molecule has 0 aliphatic heterocycles. The first-order chi connectivity index (χ1) is 19.2. The van der Waals surface area contributed by atoms with Gasteiger partial charge in [0, 0.05) is 6.42 Å². The Kier molecular flexibility index (Phi) is 38.7. The van der Waals surface area contributed by atoms with Crippen LogP contribution in [0.4, 0.5) is 0 Å². The first kappa shape index (κ1) is 42.0. The Bertz CT molecular complexity index is 549. The second-order valence-electron chi connectivity index (χ2n) is 11.7. The molecule has 2 N–H and O–H groups in total. The van der Waals surface area contributed by atoms with Crippen LogP contribution in [-0.4, -0.2) is 39.5 Å². The van der Waals surface area contributed by atoms with Gasteiger partial charge in [0.1, 0.15) is 0 Å². The second-order valence-corrected chi connectivity index (χ2v) is 11.7. The first-order valence-electron chi connectivity index (χ1n) is 17.5. The average Bonchev–Trinajstić information content (AvgIpc) is 2.93. The average molecular weight is 757 g/mol. The number of unbranched alkanes of at least 4 members (excludes halogenated alkanes) is 22.